The molecule has 1 spiro atoms. The topological polar surface area (TPSA) is 65.1 Å². The number of carbonyl (C=O) groups is 2. The van der Waals surface area contributed by atoms with E-state index in [1.54, 1.807) is 35.2 Å². The van der Waals surface area contributed by atoms with Gasteiger partial charge in [0.1, 0.15) is 11.2 Å². The molecule has 1 heterocycles. The Bertz CT molecular complexity index is 1080. The van der Waals surface area contributed by atoms with Crippen LogP contribution in [0.2, 0.25) is 0 Å². The van der Waals surface area contributed by atoms with E-state index in [0.717, 1.165) is 0 Å². The third kappa shape index (κ3) is 2.41. The molecule has 0 saturated carbocycles. The molecular weight excluding hydrogens is 389 g/mol. The lowest BCUT2D eigenvalue weighted by Crippen LogP contribution is -2.43. The number of benzene rings is 2. The fourth-order valence-electron chi connectivity index (χ4n) is 4.67. The Morgan fingerprint density at radius 2 is 1.77 bits per heavy atom. The summed E-state index contributed by atoms with van der Waals surface area (Å²) in [6.45, 7) is 2.20. The zero-order valence-electron chi connectivity index (χ0n) is 17.2. The summed E-state index contributed by atoms with van der Waals surface area (Å²) in [7, 11) is 4.42. The Balaban J connectivity index is 2.10. The molecule has 0 saturated heterocycles. The minimum Gasteiger partial charge on any atom is -0.493 e. The third-order valence-corrected chi connectivity index (χ3v) is 5.90. The van der Waals surface area contributed by atoms with E-state index in [1.807, 2.05) is 6.92 Å². The number of hydrogen-bond donors (Lipinski definition) is 0. The van der Waals surface area contributed by atoms with Crippen molar-refractivity contribution in [2.45, 2.75) is 18.3 Å². The van der Waals surface area contributed by atoms with Gasteiger partial charge in [0.15, 0.2) is 17.3 Å². The predicted molar refractivity (Wildman–Crippen MR) is 109 cm³/mol. The maximum absolute atomic E-state index is 14.8. The molecule has 1 aliphatic carbocycles. The first-order chi connectivity index (χ1) is 14.5. The Morgan fingerprint density at radius 3 is 2.37 bits per heavy atom. The van der Waals surface area contributed by atoms with Crippen LogP contribution in [0.25, 0.3) is 0 Å². The molecular formula is C23H22FNO5. The molecule has 7 heteroatoms. The molecule has 30 heavy (non-hydrogen) atoms. The van der Waals surface area contributed by atoms with E-state index >= 15 is 0 Å². The largest absolute Gasteiger partial charge is 0.493 e. The summed E-state index contributed by atoms with van der Waals surface area (Å²) in [5.41, 5.74) is -0.237. The molecule has 0 fully saturated rings. The van der Waals surface area contributed by atoms with Crippen molar-refractivity contribution in [3.63, 3.8) is 0 Å². The Hall–Kier alpha value is -3.35. The summed E-state index contributed by atoms with van der Waals surface area (Å²) >= 11 is 0. The van der Waals surface area contributed by atoms with Gasteiger partial charge in [-0.1, -0.05) is 24.3 Å². The molecule has 0 aromatic heterocycles. The minimum atomic E-state index is -1.44. The molecule has 0 bridgehead atoms. The summed E-state index contributed by atoms with van der Waals surface area (Å²) < 4.78 is 31.4. The van der Waals surface area contributed by atoms with Crippen LogP contribution in [0.1, 0.15) is 24.0 Å². The van der Waals surface area contributed by atoms with Crippen LogP contribution in [0.5, 0.6) is 17.2 Å². The second-order valence-electron chi connectivity index (χ2n) is 7.15. The van der Waals surface area contributed by atoms with E-state index in [-0.39, 0.29) is 23.0 Å². The van der Waals surface area contributed by atoms with Crippen LogP contribution in [0.15, 0.2) is 42.5 Å². The zero-order chi connectivity index (χ0) is 21.6. The highest BCUT2D eigenvalue weighted by atomic mass is 19.1. The summed E-state index contributed by atoms with van der Waals surface area (Å²) in [5, 5.41) is 0. The lowest BCUT2D eigenvalue weighted by molar-refractivity contribution is -0.125. The van der Waals surface area contributed by atoms with Gasteiger partial charge in [-0.05, 0) is 19.1 Å². The molecule has 2 atom stereocenters. The molecule has 0 N–H and O–H groups in total. The van der Waals surface area contributed by atoms with Crippen LogP contribution >= 0.6 is 0 Å². The molecule has 2 aliphatic rings. The number of nitrogens with zero attached hydrogens (tertiary/aromatic N) is 1. The van der Waals surface area contributed by atoms with Gasteiger partial charge >= 0.3 is 0 Å². The second-order valence-corrected chi connectivity index (χ2v) is 7.15. The van der Waals surface area contributed by atoms with Crippen LogP contribution in [-0.4, -0.2) is 39.6 Å². The van der Waals surface area contributed by atoms with Crippen molar-refractivity contribution in [3.05, 3.63) is 59.4 Å². The molecule has 0 unspecified atom stereocenters. The number of amides is 1. The van der Waals surface area contributed by atoms with Gasteiger partial charge < -0.3 is 19.1 Å². The Kier molecular flexibility index (Phi) is 4.76. The van der Waals surface area contributed by atoms with Gasteiger partial charge in [0.2, 0.25) is 11.7 Å². The molecule has 6 nitrogen and oxygen atoms in total. The van der Waals surface area contributed by atoms with Gasteiger partial charge in [0, 0.05) is 23.7 Å². The first kappa shape index (κ1) is 19.9. The number of rotatable bonds is 5. The number of hydrogen-bond acceptors (Lipinski definition) is 5. The van der Waals surface area contributed by atoms with Crippen LogP contribution in [-0.2, 0) is 15.0 Å². The van der Waals surface area contributed by atoms with Gasteiger partial charge in [0.25, 0.3) is 0 Å². The van der Waals surface area contributed by atoms with E-state index in [4.69, 9.17) is 14.2 Å². The maximum Gasteiger partial charge on any atom is 0.242 e. The fraction of sp³-hybridized carbons (Fsp3) is 0.304. The monoisotopic (exact) mass is 411 g/mol. The minimum absolute atomic E-state index is 0.168. The van der Waals surface area contributed by atoms with Crippen LogP contribution in [0.3, 0.4) is 0 Å². The molecule has 1 amide bonds. The average Bonchev–Trinajstić information content (AvgIpc) is 3.21. The number of halogens is 1. The Morgan fingerprint density at radius 1 is 1.07 bits per heavy atom. The van der Waals surface area contributed by atoms with Crippen molar-refractivity contribution in [2.24, 2.45) is 0 Å². The van der Waals surface area contributed by atoms with Gasteiger partial charge in [-0.25, -0.2) is 4.39 Å². The lowest BCUT2D eigenvalue weighted by atomic mass is 9.69. The van der Waals surface area contributed by atoms with E-state index in [2.05, 4.69) is 0 Å². The number of carbonyl (C=O) groups excluding carboxylic acids is 2. The van der Waals surface area contributed by atoms with E-state index in [9.17, 15) is 14.0 Å². The van der Waals surface area contributed by atoms with Crippen molar-refractivity contribution < 1.29 is 28.2 Å². The maximum atomic E-state index is 14.8. The molecule has 1 aliphatic heterocycles. The highest BCUT2D eigenvalue weighted by Crippen LogP contribution is 2.60. The summed E-state index contributed by atoms with van der Waals surface area (Å²) in [5.74, 6) is -1.25. The standard InChI is InChI=1S/C23H22FNO5/c1-5-25-15-12-17(28-2)20(29-3)21(30-4)19(15)23(22(25)27)11-10-16(26)18(23)13-8-6-7-9-14(13)24/h6-12,18H,5H2,1-4H3/t18-,23+/m0/s1. The van der Waals surface area contributed by atoms with Crippen molar-refractivity contribution in [1.29, 1.82) is 0 Å². The zero-order valence-corrected chi connectivity index (χ0v) is 17.2. The van der Waals surface area contributed by atoms with Crippen molar-refractivity contribution >= 4 is 17.4 Å². The summed E-state index contributed by atoms with van der Waals surface area (Å²) in [4.78, 5) is 28.3. The average molecular weight is 411 g/mol. The van der Waals surface area contributed by atoms with Crippen LogP contribution in [0.4, 0.5) is 10.1 Å². The molecule has 2 aromatic carbocycles. The molecule has 2 aromatic rings. The predicted octanol–water partition coefficient (Wildman–Crippen LogP) is 3.38. The summed E-state index contributed by atoms with van der Waals surface area (Å²) in [6.07, 6.45) is 2.92. The Labute approximate surface area is 173 Å². The first-order valence-corrected chi connectivity index (χ1v) is 9.59. The number of allylic oxidation sites excluding steroid dienone is 1. The smallest absolute Gasteiger partial charge is 0.242 e. The quantitative estimate of drug-likeness (QED) is 0.755. The molecule has 156 valence electrons. The number of ether oxygens (including phenoxy) is 3. The van der Waals surface area contributed by atoms with E-state index in [0.29, 0.717) is 29.3 Å². The molecule has 4 rings (SSSR count). The van der Waals surface area contributed by atoms with E-state index < -0.39 is 17.2 Å². The fourth-order valence-corrected chi connectivity index (χ4v) is 4.67. The highest BCUT2D eigenvalue weighted by Gasteiger charge is 2.61. The van der Waals surface area contributed by atoms with Crippen molar-refractivity contribution in [3.8, 4) is 17.2 Å². The van der Waals surface area contributed by atoms with Crippen LogP contribution in [0, 0.1) is 5.82 Å². The normalized spacial score (nSPS) is 22.0. The van der Waals surface area contributed by atoms with Gasteiger partial charge in [-0.2, -0.15) is 0 Å². The lowest BCUT2D eigenvalue weighted by Gasteiger charge is -2.30. The van der Waals surface area contributed by atoms with Crippen molar-refractivity contribution in [1.82, 2.24) is 0 Å². The van der Waals surface area contributed by atoms with Crippen LogP contribution < -0.4 is 19.1 Å². The second kappa shape index (κ2) is 7.16. The number of methoxy groups -OCH3 is 3. The number of likely N-dealkylation sites (N-methyl/N-ethyl adjacent to an activating group) is 1. The number of anilines is 1. The van der Waals surface area contributed by atoms with Gasteiger partial charge in [0.05, 0.1) is 32.9 Å². The number of fused-ring (bicyclic) bond motifs is 2. The van der Waals surface area contributed by atoms with Gasteiger partial charge in [-0.3, -0.25) is 9.59 Å². The third-order valence-electron chi connectivity index (χ3n) is 5.90. The van der Waals surface area contributed by atoms with E-state index in [1.165, 1.54) is 33.5 Å². The highest BCUT2D eigenvalue weighted by molar-refractivity contribution is 6.18. The summed E-state index contributed by atoms with van der Waals surface area (Å²) in [6, 6.07) is 7.73. The SMILES string of the molecule is CCN1C(=O)[C@@]2(C=CC(=O)[C@@H]2c2ccccc2F)c2c1cc(OC)c(OC)c2OC. The molecule has 0 radical (unpaired) electrons. The number of ketones is 1. The first-order valence-electron chi connectivity index (χ1n) is 9.59. The van der Waals surface area contributed by atoms with Crippen molar-refractivity contribution in [2.75, 3.05) is 32.8 Å². The van der Waals surface area contributed by atoms with Gasteiger partial charge in [-0.15, -0.1) is 0 Å².